The molecule has 0 radical (unpaired) electrons. The zero-order valence-corrected chi connectivity index (χ0v) is 15.2. The monoisotopic (exact) mass is 387 g/mol. The van der Waals surface area contributed by atoms with E-state index in [1.807, 2.05) is 24.3 Å². The average Bonchev–Trinajstić information content (AvgIpc) is 2.85. The lowest BCUT2D eigenvalue weighted by Gasteiger charge is -2.60. The Morgan fingerprint density at radius 2 is 2.00 bits per heavy atom. The van der Waals surface area contributed by atoms with Crippen LogP contribution >= 0.6 is 15.9 Å². The second-order valence-electron chi connectivity index (χ2n) is 8.44. The number of fused-ring (bicyclic) bond motifs is 1. The number of nitrogens with zero attached hydrogens (tertiary/aromatic N) is 1. The second kappa shape index (κ2) is 5.07. The van der Waals surface area contributed by atoms with Crippen LogP contribution in [0.1, 0.15) is 44.9 Å². The molecule has 2 atom stereocenters. The number of amides is 1. The Balaban J connectivity index is 1.33. The number of nitrogens with one attached hydrogen (secondary N) is 2. The Morgan fingerprint density at radius 1 is 1.25 bits per heavy atom. The van der Waals surface area contributed by atoms with Crippen molar-refractivity contribution in [3.63, 3.8) is 0 Å². The largest absolute Gasteiger partial charge is 0.324 e. The highest BCUT2D eigenvalue weighted by atomic mass is 79.9. The van der Waals surface area contributed by atoms with Crippen molar-refractivity contribution in [2.45, 2.75) is 49.3 Å². The third kappa shape index (κ3) is 2.48. The summed E-state index contributed by atoms with van der Waals surface area (Å²) in [6.07, 6.45) is 8.22. The van der Waals surface area contributed by atoms with Crippen molar-refractivity contribution in [3.8, 4) is 0 Å². The Labute approximate surface area is 149 Å². The first-order chi connectivity index (χ1) is 11.5. The van der Waals surface area contributed by atoms with Gasteiger partial charge in [0.15, 0.2) is 0 Å². The number of imidazole rings is 1. The van der Waals surface area contributed by atoms with E-state index in [0.717, 1.165) is 29.3 Å². The highest BCUT2D eigenvalue weighted by Crippen LogP contribution is 2.65. The normalized spacial score (nSPS) is 37.0. The van der Waals surface area contributed by atoms with Gasteiger partial charge in [0.2, 0.25) is 11.9 Å². The number of anilines is 1. The summed E-state index contributed by atoms with van der Waals surface area (Å²) >= 11 is 4.02. The average molecular weight is 388 g/mol. The fraction of sp³-hybridized carbons (Fsp3) is 0.579. The molecule has 1 aromatic carbocycles. The lowest BCUT2D eigenvalue weighted by atomic mass is 9.48. The summed E-state index contributed by atoms with van der Waals surface area (Å²) in [6, 6.07) is 7.86. The van der Waals surface area contributed by atoms with E-state index in [0.29, 0.717) is 16.7 Å². The molecule has 2 unspecified atom stereocenters. The van der Waals surface area contributed by atoms with Crippen molar-refractivity contribution >= 4 is 38.8 Å². The van der Waals surface area contributed by atoms with Crippen molar-refractivity contribution in [2.75, 3.05) is 5.32 Å². The van der Waals surface area contributed by atoms with Crippen molar-refractivity contribution in [1.29, 1.82) is 0 Å². The van der Waals surface area contributed by atoms with E-state index in [9.17, 15) is 4.79 Å². The van der Waals surface area contributed by atoms with Crippen LogP contribution in [0.4, 0.5) is 5.95 Å². The van der Waals surface area contributed by atoms with Crippen molar-refractivity contribution < 1.29 is 4.79 Å². The lowest BCUT2D eigenvalue weighted by molar-refractivity contribution is -0.123. The molecule has 4 aliphatic rings. The van der Waals surface area contributed by atoms with Gasteiger partial charge in [0.1, 0.15) is 0 Å². The molecule has 6 rings (SSSR count). The summed E-state index contributed by atoms with van der Waals surface area (Å²) < 4.78 is 0.302. The van der Waals surface area contributed by atoms with Crippen LogP contribution in [0.3, 0.4) is 0 Å². The summed E-state index contributed by atoms with van der Waals surface area (Å²) in [7, 11) is 0. The van der Waals surface area contributed by atoms with E-state index in [1.165, 1.54) is 32.1 Å². The molecule has 4 saturated carbocycles. The number of carbonyl (C=O) groups excluding carboxylic acids is 1. The van der Waals surface area contributed by atoms with Gasteiger partial charge in [-0.2, -0.15) is 0 Å². The smallest absolute Gasteiger partial charge is 0.227 e. The first-order valence-corrected chi connectivity index (χ1v) is 9.74. The number of carbonyl (C=O) groups is 1. The minimum atomic E-state index is 0.104. The minimum absolute atomic E-state index is 0.104. The molecule has 24 heavy (non-hydrogen) atoms. The molecule has 2 aromatic rings. The Morgan fingerprint density at radius 3 is 2.71 bits per heavy atom. The Hall–Kier alpha value is -1.36. The van der Waals surface area contributed by atoms with Crippen molar-refractivity contribution in [1.82, 2.24) is 9.97 Å². The fourth-order valence-corrected chi connectivity index (χ4v) is 7.58. The molecule has 0 saturated heterocycles. The van der Waals surface area contributed by atoms with E-state index in [2.05, 4.69) is 31.2 Å². The standard InChI is InChI=1S/C19H22BrN3O/c20-19-8-12-5-13(9-19)7-18(6-12,11-19)10-16(24)23-17-21-14-3-1-2-4-15(14)22-17/h1-4,12-13H,5-11H2,(H2,21,22,23,24). The lowest BCUT2D eigenvalue weighted by Crippen LogP contribution is -2.53. The van der Waals surface area contributed by atoms with E-state index in [4.69, 9.17) is 0 Å². The van der Waals surface area contributed by atoms with Gasteiger partial charge in [-0.3, -0.25) is 10.1 Å². The van der Waals surface area contributed by atoms with Crippen molar-refractivity contribution in [2.24, 2.45) is 17.3 Å². The highest BCUT2D eigenvalue weighted by molar-refractivity contribution is 9.10. The fourth-order valence-electron chi connectivity index (χ4n) is 6.07. The van der Waals surface area contributed by atoms with E-state index >= 15 is 0 Å². The summed E-state index contributed by atoms with van der Waals surface area (Å²) in [6.45, 7) is 0. The Bertz CT molecular complexity index is 767. The quantitative estimate of drug-likeness (QED) is 0.754. The Kier molecular flexibility index (Phi) is 3.16. The number of hydrogen-bond acceptors (Lipinski definition) is 2. The first kappa shape index (κ1) is 14.9. The molecule has 126 valence electrons. The van der Waals surface area contributed by atoms with Crippen LogP contribution in [-0.4, -0.2) is 20.2 Å². The first-order valence-electron chi connectivity index (χ1n) is 8.95. The molecule has 0 aliphatic heterocycles. The molecule has 4 nitrogen and oxygen atoms in total. The molecule has 1 amide bonds. The van der Waals surface area contributed by atoms with Gasteiger partial charge < -0.3 is 4.98 Å². The summed E-state index contributed by atoms with van der Waals surface area (Å²) in [5, 5.41) is 3.00. The summed E-state index contributed by atoms with van der Waals surface area (Å²) in [5.41, 5.74) is 2.05. The number of H-pyrrole nitrogens is 1. The predicted molar refractivity (Wildman–Crippen MR) is 98.1 cm³/mol. The van der Waals surface area contributed by atoms with E-state index < -0.39 is 0 Å². The molecule has 2 N–H and O–H groups in total. The number of aromatic nitrogens is 2. The topological polar surface area (TPSA) is 57.8 Å². The molecule has 1 aromatic heterocycles. The molecular formula is C19H22BrN3O. The SMILES string of the molecule is O=C(CC12CC3CC(CC(Br)(C3)C1)C2)Nc1nc2ccccc2[nH]1. The van der Waals surface area contributed by atoms with Crippen LogP contribution in [0.5, 0.6) is 0 Å². The molecule has 0 spiro atoms. The molecule has 4 bridgehead atoms. The van der Waals surface area contributed by atoms with Gasteiger partial charge in [-0.25, -0.2) is 4.98 Å². The maximum Gasteiger partial charge on any atom is 0.227 e. The van der Waals surface area contributed by atoms with Gasteiger partial charge in [0.05, 0.1) is 11.0 Å². The number of rotatable bonds is 3. The number of benzene rings is 1. The molecule has 4 aliphatic carbocycles. The number of alkyl halides is 1. The molecular weight excluding hydrogens is 366 g/mol. The minimum Gasteiger partial charge on any atom is -0.324 e. The van der Waals surface area contributed by atoms with Gasteiger partial charge in [-0.1, -0.05) is 28.1 Å². The molecule has 4 fully saturated rings. The molecule has 5 heteroatoms. The van der Waals surface area contributed by atoms with Gasteiger partial charge >= 0.3 is 0 Å². The zero-order valence-electron chi connectivity index (χ0n) is 13.6. The predicted octanol–water partition coefficient (Wildman–Crippen LogP) is 4.63. The van der Waals surface area contributed by atoms with Crippen LogP contribution in [0.2, 0.25) is 0 Å². The van der Waals surface area contributed by atoms with Crippen molar-refractivity contribution in [3.05, 3.63) is 24.3 Å². The maximum atomic E-state index is 12.7. The van der Waals surface area contributed by atoms with Crippen LogP contribution in [0.15, 0.2) is 24.3 Å². The van der Waals surface area contributed by atoms with Gasteiger partial charge in [-0.05, 0) is 67.9 Å². The maximum absolute atomic E-state index is 12.7. The molecule has 1 heterocycles. The van der Waals surface area contributed by atoms with Crippen LogP contribution in [-0.2, 0) is 4.79 Å². The van der Waals surface area contributed by atoms with Crippen LogP contribution in [0, 0.1) is 17.3 Å². The van der Waals surface area contributed by atoms with E-state index in [-0.39, 0.29) is 11.3 Å². The van der Waals surface area contributed by atoms with Crippen LogP contribution < -0.4 is 5.32 Å². The summed E-state index contributed by atoms with van der Waals surface area (Å²) in [5.74, 6) is 2.29. The number of halogens is 1. The number of para-hydroxylation sites is 2. The van der Waals surface area contributed by atoms with Crippen LogP contribution in [0.25, 0.3) is 11.0 Å². The third-order valence-corrected chi connectivity index (χ3v) is 7.22. The third-order valence-electron chi connectivity index (χ3n) is 6.29. The van der Waals surface area contributed by atoms with Gasteiger partial charge in [0.25, 0.3) is 0 Å². The summed E-state index contributed by atoms with van der Waals surface area (Å²) in [4.78, 5) is 20.3. The van der Waals surface area contributed by atoms with Gasteiger partial charge in [0, 0.05) is 10.7 Å². The number of hydrogen-bond donors (Lipinski definition) is 2. The zero-order chi connectivity index (χ0) is 16.4. The van der Waals surface area contributed by atoms with Gasteiger partial charge in [-0.15, -0.1) is 0 Å². The van der Waals surface area contributed by atoms with E-state index in [1.54, 1.807) is 0 Å². The highest BCUT2D eigenvalue weighted by Gasteiger charge is 2.57. The second-order valence-corrected chi connectivity index (χ2v) is 10.1. The number of aromatic amines is 1.